The van der Waals surface area contributed by atoms with E-state index in [0.717, 1.165) is 32.1 Å². The molecule has 0 bridgehead atoms. The number of hydrogen-bond donors (Lipinski definition) is 2. The van der Waals surface area contributed by atoms with E-state index in [4.69, 9.17) is 5.73 Å². The Hall–Kier alpha value is -0.610. The second kappa shape index (κ2) is 7.85. The molecule has 1 saturated carbocycles. The number of hydrogen-bond acceptors (Lipinski definition) is 3. The molecule has 0 aromatic carbocycles. The second-order valence-corrected chi connectivity index (χ2v) is 5.88. The van der Waals surface area contributed by atoms with Crippen LogP contribution in [0.2, 0.25) is 0 Å². The van der Waals surface area contributed by atoms with Crippen LogP contribution in [0.15, 0.2) is 0 Å². The number of aliphatic hydroxyl groups excluding tert-OH is 1. The minimum absolute atomic E-state index is 0.0457. The van der Waals surface area contributed by atoms with Crippen molar-refractivity contribution >= 4 is 5.91 Å². The highest BCUT2D eigenvalue weighted by molar-refractivity contribution is 5.79. The van der Waals surface area contributed by atoms with Gasteiger partial charge in [-0.2, -0.15) is 0 Å². The molecule has 3 unspecified atom stereocenters. The molecule has 0 spiro atoms. The van der Waals surface area contributed by atoms with Crippen molar-refractivity contribution < 1.29 is 9.90 Å². The number of amides is 1. The minimum Gasteiger partial charge on any atom is -0.395 e. The molecular weight excluding hydrogens is 240 g/mol. The van der Waals surface area contributed by atoms with Gasteiger partial charge < -0.3 is 15.7 Å². The molecule has 0 aromatic heterocycles. The number of carbonyl (C=O) groups excluding carboxylic acids is 1. The lowest BCUT2D eigenvalue weighted by Gasteiger charge is -2.37. The molecule has 112 valence electrons. The molecule has 0 aromatic rings. The molecule has 1 aliphatic rings. The Morgan fingerprint density at radius 2 is 2.00 bits per heavy atom. The van der Waals surface area contributed by atoms with Gasteiger partial charge in [-0.1, -0.05) is 20.8 Å². The van der Waals surface area contributed by atoms with E-state index < -0.39 is 0 Å². The summed E-state index contributed by atoms with van der Waals surface area (Å²) in [6.07, 6.45) is 4.62. The van der Waals surface area contributed by atoms with E-state index in [1.807, 2.05) is 4.90 Å². The smallest absolute Gasteiger partial charge is 0.226 e. The number of aliphatic hydroxyl groups is 1. The monoisotopic (exact) mass is 270 g/mol. The molecule has 0 heterocycles. The lowest BCUT2D eigenvalue weighted by Crippen LogP contribution is -2.47. The Morgan fingerprint density at radius 3 is 2.47 bits per heavy atom. The van der Waals surface area contributed by atoms with Crippen LogP contribution >= 0.6 is 0 Å². The summed E-state index contributed by atoms with van der Waals surface area (Å²) in [4.78, 5) is 14.6. The average molecular weight is 270 g/mol. The zero-order valence-corrected chi connectivity index (χ0v) is 12.6. The quantitative estimate of drug-likeness (QED) is 0.773. The summed E-state index contributed by atoms with van der Waals surface area (Å²) in [5.41, 5.74) is 6.02. The van der Waals surface area contributed by atoms with E-state index in [1.165, 1.54) is 0 Å². The van der Waals surface area contributed by atoms with E-state index in [2.05, 4.69) is 20.8 Å². The number of nitrogens with zero attached hydrogens (tertiary/aromatic N) is 1. The minimum atomic E-state index is 0.0457. The standard InChI is InChI=1S/C15H30N2O2/c1-4-13(5-2)17(8-9-18)15(19)12-6-7-14(16)11(3)10-12/h11-14,18H,4-10,16H2,1-3H3. The Balaban J connectivity index is 2.70. The first-order chi connectivity index (χ1) is 9.04. The molecule has 1 amide bonds. The third kappa shape index (κ3) is 4.18. The predicted molar refractivity (Wildman–Crippen MR) is 77.6 cm³/mol. The van der Waals surface area contributed by atoms with Crippen molar-refractivity contribution in [2.45, 2.75) is 65.0 Å². The van der Waals surface area contributed by atoms with Gasteiger partial charge in [0.15, 0.2) is 0 Å². The zero-order chi connectivity index (χ0) is 14.4. The van der Waals surface area contributed by atoms with Gasteiger partial charge in [0.2, 0.25) is 5.91 Å². The van der Waals surface area contributed by atoms with Crippen LogP contribution in [-0.2, 0) is 4.79 Å². The molecule has 0 aliphatic heterocycles. The fourth-order valence-corrected chi connectivity index (χ4v) is 3.19. The van der Waals surface area contributed by atoms with Crippen molar-refractivity contribution in [3.05, 3.63) is 0 Å². The van der Waals surface area contributed by atoms with Gasteiger partial charge in [-0.15, -0.1) is 0 Å². The first-order valence-corrected chi connectivity index (χ1v) is 7.71. The Kier molecular flexibility index (Phi) is 6.80. The van der Waals surface area contributed by atoms with Crippen LogP contribution in [0.25, 0.3) is 0 Å². The highest BCUT2D eigenvalue weighted by Crippen LogP contribution is 2.30. The van der Waals surface area contributed by atoms with E-state index in [-0.39, 0.29) is 30.5 Å². The molecule has 4 nitrogen and oxygen atoms in total. The van der Waals surface area contributed by atoms with Crippen LogP contribution in [-0.4, -0.2) is 41.1 Å². The molecule has 0 radical (unpaired) electrons. The van der Waals surface area contributed by atoms with Gasteiger partial charge in [0.05, 0.1) is 6.61 Å². The van der Waals surface area contributed by atoms with Crippen LogP contribution in [0.4, 0.5) is 0 Å². The summed E-state index contributed by atoms with van der Waals surface area (Å²) >= 11 is 0. The Bertz CT molecular complexity index is 279. The molecule has 1 fully saturated rings. The molecule has 1 aliphatic carbocycles. The van der Waals surface area contributed by atoms with Crippen molar-refractivity contribution in [3.63, 3.8) is 0 Å². The average Bonchev–Trinajstić information content (AvgIpc) is 2.41. The zero-order valence-electron chi connectivity index (χ0n) is 12.6. The fraction of sp³-hybridized carbons (Fsp3) is 0.933. The maximum absolute atomic E-state index is 12.7. The van der Waals surface area contributed by atoms with Gasteiger partial charge in [0.25, 0.3) is 0 Å². The Morgan fingerprint density at radius 1 is 1.37 bits per heavy atom. The van der Waals surface area contributed by atoms with Crippen molar-refractivity contribution in [1.29, 1.82) is 0 Å². The number of nitrogens with two attached hydrogens (primary N) is 1. The van der Waals surface area contributed by atoms with Gasteiger partial charge in [-0.3, -0.25) is 4.79 Å². The fourth-order valence-electron chi connectivity index (χ4n) is 3.19. The lowest BCUT2D eigenvalue weighted by molar-refractivity contribution is -0.140. The molecule has 3 N–H and O–H groups in total. The topological polar surface area (TPSA) is 66.6 Å². The predicted octanol–water partition coefficient (Wildman–Crippen LogP) is 1.76. The van der Waals surface area contributed by atoms with E-state index in [1.54, 1.807) is 0 Å². The molecule has 0 saturated heterocycles. The van der Waals surface area contributed by atoms with Crippen LogP contribution in [0.3, 0.4) is 0 Å². The SMILES string of the molecule is CCC(CC)N(CCO)C(=O)C1CCC(N)C(C)C1. The first kappa shape index (κ1) is 16.4. The van der Waals surface area contributed by atoms with Gasteiger partial charge in [0.1, 0.15) is 0 Å². The molecule has 4 heteroatoms. The van der Waals surface area contributed by atoms with Crippen molar-refractivity contribution in [2.24, 2.45) is 17.6 Å². The van der Waals surface area contributed by atoms with E-state index in [0.29, 0.717) is 12.5 Å². The number of carbonyl (C=O) groups is 1. The lowest BCUT2D eigenvalue weighted by atomic mass is 9.78. The summed E-state index contributed by atoms with van der Waals surface area (Å²) in [6.45, 7) is 6.85. The molecular formula is C15H30N2O2. The third-order valence-corrected chi connectivity index (χ3v) is 4.59. The summed E-state index contributed by atoms with van der Waals surface area (Å²) in [6, 6.07) is 0.494. The maximum atomic E-state index is 12.7. The normalized spacial score (nSPS) is 27.6. The second-order valence-electron chi connectivity index (χ2n) is 5.88. The van der Waals surface area contributed by atoms with Crippen LogP contribution in [0.1, 0.15) is 52.9 Å². The number of rotatable bonds is 6. The van der Waals surface area contributed by atoms with Crippen LogP contribution in [0.5, 0.6) is 0 Å². The largest absolute Gasteiger partial charge is 0.395 e. The van der Waals surface area contributed by atoms with Gasteiger partial charge in [-0.05, 0) is 38.0 Å². The highest BCUT2D eigenvalue weighted by atomic mass is 16.3. The van der Waals surface area contributed by atoms with Crippen LogP contribution in [0, 0.1) is 11.8 Å². The van der Waals surface area contributed by atoms with Gasteiger partial charge in [-0.25, -0.2) is 0 Å². The molecule has 1 rings (SSSR count). The van der Waals surface area contributed by atoms with Crippen molar-refractivity contribution in [3.8, 4) is 0 Å². The van der Waals surface area contributed by atoms with E-state index in [9.17, 15) is 9.90 Å². The summed E-state index contributed by atoms with van der Waals surface area (Å²) in [5, 5.41) is 9.20. The van der Waals surface area contributed by atoms with Gasteiger partial charge in [0, 0.05) is 24.5 Å². The molecule has 19 heavy (non-hydrogen) atoms. The van der Waals surface area contributed by atoms with Crippen LogP contribution < -0.4 is 5.73 Å². The first-order valence-electron chi connectivity index (χ1n) is 7.71. The molecule has 3 atom stereocenters. The summed E-state index contributed by atoms with van der Waals surface area (Å²) < 4.78 is 0. The maximum Gasteiger partial charge on any atom is 0.226 e. The highest BCUT2D eigenvalue weighted by Gasteiger charge is 2.33. The summed E-state index contributed by atoms with van der Waals surface area (Å²) in [5.74, 6) is 0.740. The van der Waals surface area contributed by atoms with Crippen molar-refractivity contribution in [2.75, 3.05) is 13.2 Å². The summed E-state index contributed by atoms with van der Waals surface area (Å²) in [7, 11) is 0. The van der Waals surface area contributed by atoms with E-state index >= 15 is 0 Å². The third-order valence-electron chi connectivity index (χ3n) is 4.59. The Labute approximate surface area is 117 Å². The van der Waals surface area contributed by atoms with Gasteiger partial charge >= 0.3 is 0 Å². The van der Waals surface area contributed by atoms with Crippen molar-refractivity contribution in [1.82, 2.24) is 4.90 Å².